The van der Waals surface area contributed by atoms with Crippen molar-refractivity contribution < 1.29 is 19.0 Å². The molecule has 0 saturated carbocycles. The third-order valence-electron chi connectivity index (χ3n) is 2.19. The number of halogens is 1. The summed E-state index contributed by atoms with van der Waals surface area (Å²) in [7, 11) is 0. The van der Waals surface area contributed by atoms with Crippen LogP contribution < -0.4 is 4.74 Å². The SMILES string of the molecule is O=C(O)Cn1nnnc1SCCOc1ccccc1F. The minimum Gasteiger partial charge on any atom is -0.490 e. The van der Waals surface area contributed by atoms with E-state index in [0.717, 1.165) is 0 Å². The molecule has 0 bridgehead atoms. The largest absolute Gasteiger partial charge is 0.490 e. The van der Waals surface area contributed by atoms with E-state index in [4.69, 9.17) is 9.84 Å². The lowest BCUT2D eigenvalue weighted by Crippen LogP contribution is -2.12. The molecule has 1 heterocycles. The van der Waals surface area contributed by atoms with Gasteiger partial charge in [0, 0.05) is 5.75 Å². The van der Waals surface area contributed by atoms with Crippen LogP contribution in [0.5, 0.6) is 5.75 Å². The number of tetrazole rings is 1. The fraction of sp³-hybridized carbons (Fsp3) is 0.273. The number of carboxylic acid groups (broad SMARTS) is 1. The molecule has 0 aliphatic carbocycles. The van der Waals surface area contributed by atoms with Gasteiger partial charge in [0.2, 0.25) is 5.16 Å². The van der Waals surface area contributed by atoms with Gasteiger partial charge in [0.25, 0.3) is 0 Å². The third-order valence-corrected chi connectivity index (χ3v) is 3.11. The first kappa shape index (κ1) is 14.3. The third kappa shape index (κ3) is 3.92. The van der Waals surface area contributed by atoms with Crippen molar-refractivity contribution in [2.45, 2.75) is 11.7 Å². The lowest BCUT2D eigenvalue weighted by molar-refractivity contribution is -0.138. The maximum atomic E-state index is 13.3. The molecular formula is C11H11FN4O3S. The number of rotatable bonds is 7. The average Bonchev–Trinajstić information content (AvgIpc) is 2.83. The van der Waals surface area contributed by atoms with Crippen molar-refractivity contribution in [1.29, 1.82) is 0 Å². The van der Waals surface area contributed by atoms with Crippen LogP contribution in [0.4, 0.5) is 4.39 Å². The molecule has 0 saturated heterocycles. The number of thioether (sulfide) groups is 1. The van der Waals surface area contributed by atoms with Gasteiger partial charge in [-0.25, -0.2) is 9.07 Å². The van der Waals surface area contributed by atoms with E-state index < -0.39 is 11.8 Å². The summed E-state index contributed by atoms with van der Waals surface area (Å²) in [6.07, 6.45) is 0. The zero-order chi connectivity index (χ0) is 14.4. The van der Waals surface area contributed by atoms with E-state index in [-0.39, 0.29) is 18.9 Å². The van der Waals surface area contributed by atoms with Crippen LogP contribution in [-0.2, 0) is 11.3 Å². The fourth-order valence-corrected chi connectivity index (χ4v) is 2.07. The van der Waals surface area contributed by atoms with Crippen molar-refractivity contribution in [3.8, 4) is 5.75 Å². The molecular weight excluding hydrogens is 287 g/mol. The predicted octanol–water partition coefficient (Wildman–Crippen LogP) is 1.07. The number of carboxylic acids is 1. The Labute approximate surface area is 117 Å². The highest BCUT2D eigenvalue weighted by Gasteiger charge is 2.10. The van der Waals surface area contributed by atoms with Gasteiger partial charge in [-0.3, -0.25) is 4.79 Å². The second kappa shape index (κ2) is 6.85. The summed E-state index contributed by atoms with van der Waals surface area (Å²) in [6, 6.07) is 6.11. The Balaban J connectivity index is 1.80. The molecule has 0 amide bonds. The molecule has 0 aliphatic rings. The summed E-state index contributed by atoms with van der Waals surface area (Å²) < 4.78 is 19.7. The summed E-state index contributed by atoms with van der Waals surface area (Å²) in [5, 5.41) is 19.7. The number of hydrogen-bond acceptors (Lipinski definition) is 6. The lowest BCUT2D eigenvalue weighted by atomic mass is 10.3. The van der Waals surface area contributed by atoms with E-state index in [1.54, 1.807) is 12.1 Å². The number of hydrogen-bond donors (Lipinski definition) is 1. The molecule has 0 fully saturated rings. The van der Waals surface area contributed by atoms with E-state index in [1.807, 2.05) is 0 Å². The van der Waals surface area contributed by atoms with Gasteiger partial charge < -0.3 is 9.84 Å². The topological polar surface area (TPSA) is 90.1 Å². The molecule has 9 heteroatoms. The van der Waals surface area contributed by atoms with Crippen LogP contribution >= 0.6 is 11.8 Å². The second-order valence-corrected chi connectivity index (χ2v) is 4.70. The average molecular weight is 298 g/mol. The van der Waals surface area contributed by atoms with Crippen molar-refractivity contribution in [3.05, 3.63) is 30.1 Å². The first-order chi connectivity index (χ1) is 9.66. The molecule has 0 spiro atoms. The van der Waals surface area contributed by atoms with Gasteiger partial charge >= 0.3 is 5.97 Å². The van der Waals surface area contributed by atoms with Gasteiger partial charge in [-0.1, -0.05) is 23.9 Å². The van der Waals surface area contributed by atoms with Gasteiger partial charge in [0.05, 0.1) is 6.61 Å². The maximum absolute atomic E-state index is 13.3. The lowest BCUT2D eigenvalue weighted by Gasteiger charge is -2.06. The molecule has 0 aliphatic heterocycles. The van der Waals surface area contributed by atoms with E-state index >= 15 is 0 Å². The van der Waals surface area contributed by atoms with Gasteiger partial charge in [-0.15, -0.1) is 5.10 Å². The molecule has 1 aromatic heterocycles. The number of carbonyl (C=O) groups is 1. The zero-order valence-electron chi connectivity index (χ0n) is 10.3. The molecule has 20 heavy (non-hydrogen) atoms. The molecule has 1 N–H and O–H groups in total. The summed E-state index contributed by atoms with van der Waals surface area (Å²) in [5.41, 5.74) is 0. The standard InChI is InChI=1S/C11H11FN4O3S/c12-8-3-1-2-4-9(8)19-5-6-20-11-13-14-15-16(11)7-10(17)18/h1-4H,5-7H2,(H,17,18). The Bertz CT molecular complexity index is 593. The van der Waals surface area contributed by atoms with Gasteiger partial charge in [-0.05, 0) is 22.6 Å². The van der Waals surface area contributed by atoms with E-state index in [2.05, 4.69) is 15.5 Å². The molecule has 0 radical (unpaired) electrons. The Morgan fingerprint density at radius 2 is 2.25 bits per heavy atom. The monoisotopic (exact) mass is 298 g/mol. The normalized spacial score (nSPS) is 10.4. The summed E-state index contributed by atoms with van der Waals surface area (Å²) in [5.74, 6) is -0.804. The molecule has 1 aromatic carbocycles. The first-order valence-electron chi connectivity index (χ1n) is 5.65. The molecule has 106 valence electrons. The second-order valence-electron chi connectivity index (χ2n) is 3.64. The van der Waals surface area contributed by atoms with E-state index in [0.29, 0.717) is 10.9 Å². The number of nitrogens with zero attached hydrogens (tertiary/aromatic N) is 4. The van der Waals surface area contributed by atoms with Crippen molar-refractivity contribution in [2.75, 3.05) is 12.4 Å². The van der Waals surface area contributed by atoms with Crippen LogP contribution in [0.15, 0.2) is 29.4 Å². The quantitative estimate of drug-likeness (QED) is 0.604. The van der Waals surface area contributed by atoms with Crippen molar-refractivity contribution in [1.82, 2.24) is 20.2 Å². The Kier molecular flexibility index (Phi) is 4.88. The van der Waals surface area contributed by atoms with Crippen LogP contribution in [-0.4, -0.2) is 43.6 Å². The number of para-hydroxylation sites is 1. The highest BCUT2D eigenvalue weighted by molar-refractivity contribution is 7.99. The number of benzene rings is 1. The highest BCUT2D eigenvalue weighted by Crippen LogP contribution is 2.17. The van der Waals surface area contributed by atoms with Gasteiger partial charge in [0.15, 0.2) is 11.6 Å². The first-order valence-corrected chi connectivity index (χ1v) is 6.63. The Morgan fingerprint density at radius 3 is 3.00 bits per heavy atom. The van der Waals surface area contributed by atoms with E-state index in [1.165, 1.54) is 28.6 Å². The summed E-state index contributed by atoms with van der Waals surface area (Å²) in [6.45, 7) is -0.0466. The number of aliphatic carboxylic acids is 1. The predicted molar refractivity (Wildman–Crippen MR) is 68.1 cm³/mol. The maximum Gasteiger partial charge on any atom is 0.325 e. The van der Waals surface area contributed by atoms with Crippen molar-refractivity contribution in [2.24, 2.45) is 0 Å². The van der Waals surface area contributed by atoms with Crippen molar-refractivity contribution >= 4 is 17.7 Å². The van der Waals surface area contributed by atoms with Crippen LogP contribution in [0, 0.1) is 5.82 Å². The number of aromatic nitrogens is 4. The van der Waals surface area contributed by atoms with Gasteiger partial charge in [0.1, 0.15) is 6.54 Å². The summed E-state index contributed by atoms with van der Waals surface area (Å²) >= 11 is 1.24. The Hall–Kier alpha value is -2.16. The minimum atomic E-state index is -1.03. The Morgan fingerprint density at radius 1 is 1.45 bits per heavy atom. The van der Waals surface area contributed by atoms with Crippen LogP contribution in [0.1, 0.15) is 0 Å². The van der Waals surface area contributed by atoms with Crippen LogP contribution in [0.3, 0.4) is 0 Å². The van der Waals surface area contributed by atoms with E-state index in [9.17, 15) is 9.18 Å². The highest BCUT2D eigenvalue weighted by atomic mass is 32.2. The fourth-order valence-electron chi connectivity index (χ4n) is 1.37. The molecule has 2 rings (SSSR count). The van der Waals surface area contributed by atoms with Gasteiger partial charge in [-0.2, -0.15) is 0 Å². The summed E-state index contributed by atoms with van der Waals surface area (Å²) in [4.78, 5) is 10.6. The molecule has 0 unspecified atom stereocenters. The minimum absolute atomic E-state index is 0.179. The smallest absolute Gasteiger partial charge is 0.325 e. The molecule has 7 nitrogen and oxygen atoms in total. The van der Waals surface area contributed by atoms with Crippen molar-refractivity contribution in [3.63, 3.8) is 0 Å². The number of ether oxygens (including phenoxy) is 1. The molecule has 0 atom stereocenters. The zero-order valence-corrected chi connectivity index (χ0v) is 11.1. The molecule has 2 aromatic rings. The van der Waals surface area contributed by atoms with Crippen LogP contribution in [0.25, 0.3) is 0 Å². The van der Waals surface area contributed by atoms with Crippen LogP contribution in [0.2, 0.25) is 0 Å².